The second-order valence-corrected chi connectivity index (χ2v) is 8.82. The van der Waals surface area contributed by atoms with E-state index in [4.69, 9.17) is 0 Å². The minimum atomic E-state index is -3.89. The Bertz CT molecular complexity index is 971. The molecule has 0 saturated carbocycles. The lowest BCUT2D eigenvalue weighted by Crippen LogP contribution is -2.27. The van der Waals surface area contributed by atoms with E-state index >= 15 is 0 Å². The fourth-order valence-electron chi connectivity index (χ4n) is 2.23. The number of hydrogen-bond donors (Lipinski definition) is 3. The molecular formula is C18H24N4O4S. The maximum atomic E-state index is 12.6. The summed E-state index contributed by atoms with van der Waals surface area (Å²) in [6.45, 7) is 5.36. The van der Waals surface area contributed by atoms with Gasteiger partial charge in [-0.05, 0) is 24.3 Å². The van der Waals surface area contributed by atoms with E-state index in [0.717, 1.165) is 0 Å². The molecule has 0 aliphatic carbocycles. The van der Waals surface area contributed by atoms with Crippen LogP contribution in [0.3, 0.4) is 0 Å². The molecule has 146 valence electrons. The van der Waals surface area contributed by atoms with Gasteiger partial charge in [0.15, 0.2) is 0 Å². The molecule has 8 nitrogen and oxygen atoms in total. The first-order chi connectivity index (χ1) is 12.4. The Kier molecular flexibility index (Phi) is 5.65. The molecule has 0 saturated heterocycles. The van der Waals surface area contributed by atoms with Gasteiger partial charge in [0, 0.05) is 31.4 Å². The van der Waals surface area contributed by atoms with E-state index in [1.54, 1.807) is 46.0 Å². The van der Waals surface area contributed by atoms with Crippen LogP contribution in [0.1, 0.15) is 31.3 Å². The predicted molar refractivity (Wildman–Crippen MR) is 104 cm³/mol. The van der Waals surface area contributed by atoms with Gasteiger partial charge in [-0.3, -0.25) is 14.3 Å². The largest absolute Gasteiger partial charge is 0.354 e. The molecule has 2 aromatic rings. The van der Waals surface area contributed by atoms with E-state index in [-0.39, 0.29) is 22.4 Å². The Morgan fingerprint density at radius 3 is 2.30 bits per heavy atom. The highest BCUT2D eigenvalue weighted by atomic mass is 32.2. The Labute approximate surface area is 159 Å². The fraction of sp³-hybridized carbons (Fsp3) is 0.333. The molecule has 27 heavy (non-hydrogen) atoms. The lowest BCUT2D eigenvalue weighted by molar-refractivity contribution is -0.123. The van der Waals surface area contributed by atoms with Crippen LogP contribution >= 0.6 is 0 Å². The number of aryl methyl sites for hydroxylation is 1. The van der Waals surface area contributed by atoms with Crippen LogP contribution in [0.2, 0.25) is 0 Å². The molecule has 2 amide bonds. The monoisotopic (exact) mass is 392 g/mol. The highest BCUT2D eigenvalue weighted by Crippen LogP contribution is 2.23. The molecule has 0 radical (unpaired) electrons. The van der Waals surface area contributed by atoms with Crippen LogP contribution in [0, 0.1) is 5.41 Å². The minimum absolute atomic E-state index is 0.0345. The van der Waals surface area contributed by atoms with Crippen LogP contribution in [-0.2, 0) is 21.9 Å². The summed E-state index contributed by atoms with van der Waals surface area (Å²) in [5, 5.41) is 5.21. The molecule has 0 spiro atoms. The van der Waals surface area contributed by atoms with Gasteiger partial charge in [0.05, 0.1) is 5.69 Å². The van der Waals surface area contributed by atoms with Crippen LogP contribution in [0.25, 0.3) is 0 Å². The molecule has 0 fully saturated rings. The molecule has 0 aliphatic heterocycles. The van der Waals surface area contributed by atoms with Crippen LogP contribution in [-0.4, -0.2) is 31.8 Å². The summed E-state index contributed by atoms with van der Waals surface area (Å²) < 4.78 is 29.2. The number of amides is 2. The summed E-state index contributed by atoms with van der Waals surface area (Å²) in [7, 11) is -0.833. The van der Waals surface area contributed by atoms with Gasteiger partial charge >= 0.3 is 0 Å². The van der Waals surface area contributed by atoms with Crippen molar-refractivity contribution in [2.45, 2.75) is 25.7 Å². The van der Waals surface area contributed by atoms with Crippen LogP contribution in [0.5, 0.6) is 0 Å². The van der Waals surface area contributed by atoms with Gasteiger partial charge in [0.2, 0.25) is 5.91 Å². The summed E-state index contributed by atoms with van der Waals surface area (Å²) in [6.07, 6.45) is 1.36. The quantitative estimate of drug-likeness (QED) is 0.724. The first-order valence-corrected chi connectivity index (χ1v) is 9.75. The Balaban J connectivity index is 2.25. The molecule has 1 aromatic carbocycles. The van der Waals surface area contributed by atoms with E-state index in [1.165, 1.54) is 29.9 Å². The number of carbonyl (C=O) groups excluding carboxylic acids is 2. The minimum Gasteiger partial charge on any atom is -0.354 e. The van der Waals surface area contributed by atoms with Crippen molar-refractivity contribution in [2.75, 3.05) is 17.1 Å². The highest BCUT2D eigenvalue weighted by Gasteiger charge is 2.22. The van der Waals surface area contributed by atoms with Gasteiger partial charge in [-0.25, -0.2) is 8.42 Å². The number of hydrogen-bond acceptors (Lipinski definition) is 4. The Hall–Kier alpha value is -2.81. The number of aromatic nitrogens is 1. The summed E-state index contributed by atoms with van der Waals surface area (Å²) >= 11 is 0. The molecule has 0 atom stereocenters. The van der Waals surface area contributed by atoms with E-state index in [1.807, 2.05) is 0 Å². The van der Waals surface area contributed by atoms with Gasteiger partial charge in [-0.15, -0.1) is 0 Å². The van der Waals surface area contributed by atoms with Gasteiger partial charge in [-0.1, -0.05) is 26.8 Å². The topological polar surface area (TPSA) is 109 Å². The number of carbonyl (C=O) groups is 2. The zero-order valence-corrected chi connectivity index (χ0v) is 16.8. The number of sulfonamides is 1. The number of nitrogens with one attached hydrogen (secondary N) is 3. The van der Waals surface area contributed by atoms with Crippen molar-refractivity contribution >= 4 is 33.2 Å². The first-order valence-electron chi connectivity index (χ1n) is 8.27. The van der Waals surface area contributed by atoms with Crippen LogP contribution < -0.4 is 15.4 Å². The van der Waals surface area contributed by atoms with Crippen LogP contribution in [0.15, 0.2) is 41.4 Å². The fourth-order valence-corrected chi connectivity index (χ4v) is 3.35. The lowest BCUT2D eigenvalue weighted by Gasteiger charge is -2.18. The molecule has 3 N–H and O–H groups in total. The van der Waals surface area contributed by atoms with Gasteiger partial charge < -0.3 is 15.2 Å². The van der Waals surface area contributed by atoms with Gasteiger partial charge in [0.25, 0.3) is 15.9 Å². The SMILES string of the molecule is CNC(=O)c1cc(S(=O)(=O)Nc2cccc(NC(=O)C(C)(C)C)c2)cn1C. The molecule has 0 aliphatic rings. The third-order valence-corrected chi connectivity index (χ3v) is 5.15. The van der Waals surface area contributed by atoms with Crippen molar-refractivity contribution in [3.05, 3.63) is 42.2 Å². The van der Waals surface area contributed by atoms with Gasteiger partial charge in [0.1, 0.15) is 10.6 Å². The lowest BCUT2D eigenvalue weighted by atomic mass is 9.95. The van der Waals surface area contributed by atoms with Crippen molar-refractivity contribution in [3.63, 3.8) is 0 Å². The molecule has 1 aromatic heterocycles. The summed E-state index contributed by atoms with van der Waals surface area (Å²) in [6, 6.07) is 7.72. The van der Waals surface area contributed by atoms with Crippen molar-refractivity contribution in [1.82, 2.24) is 9.88 Å². The zero-order chi connectivity index (χ0) is 20.4. The third-order valence-electron chi connectivity index (χ3n) is 3.80. The number of nitrogens with zero attached hydrogens (tertiary/aromatic N) is 1. The molecule has 9 heteroatoms. The van der Waals surface area contributed by atoms with E-state index in [2.05, 4.69) is 15.4 Å². The van der Waals surface area contributed by atoms with Gasteiger partial charge in [-0.2, -0.15) is 0 Å². The molecule has 1 heterocycles. The molecule has 0 unspecified atom stereocenters. The third kappa shape index (κ3) is 4.88. The maximum absolute atomic E-state index is 12.6. The van der Waals surface area contributed by atoms with Crippen molar-refractivity contribution in [1.29, 1.82) is 0 Å². The Morgan fingerprint density at radius 2 is 1.70 bits per heavy atom. The Morgan fingerprint density at radius 1 is 1.07 bits per heavy atom. The van der Waals surface area contributed by atoms with E-state index in [9.17, 15) is 18.0 Å². The molecular weight excluding hydrogens is 368 g/mol. The van der Waals surface area contributed by atoms with E-state index < -0.39 is 15.4 Å². The molecule has 2 rings (SSSR count). The smallest absolute Gasteiger partial charge is 0.267 e. The van der Waals surface area contributed by atoms with Crippen molar-refractivity contribution < 1.29 is 18.0 Å². The maximum Gasteiger partial charge on any atom is 0.267 e. The number of rotatable bonds is 5. The summed E-state index contributed by atoms with van der Waals surface area (Å²) in [4.78, 5) is 23.8. The standard InChI is InChI=1S/C18H24N4O4S/c1-18(2,3)17(24)20-12-7-6-8-13(9-12)21-27(25,26)14-10-15(16(23)19-4)22(5)11-14/h6-11,21H,1-5H3,(H,19,23)(H,20,24). The number of anilines is 2. The first kappa shape index (κ1) is 20.5. The van der Waals surface area contributed by atoms with Crippen LogP contribution in [0.4, 0.5) is 11.4 Å². The average molecular weight is 392 g/mol. The van der Waals surface area contributed by atoms with Crippen molar-refractivity contribution in [2.24, 2.45) is 12.5 Å². The molecule has 0 bridgehead atoms. The number of benzene rings is 1. The summed E-state index contributed by atoms with van der Waals surface area (Å²) in [5.41, 5.74) is 0.431. The second-order valence-electron chi connectivity index (χ2n) is 7.14. The second kappa shape index (κ2) is 7.43. The van der Waals surface area contributed by atoms with Crippen molar-refractivity contribution in [3.8, 4) is 0 Å². The average Bonchev–Trinajstić information content (AvgIpc) is 2.96. The summed E-state index contributed by atoms with van der Waals surface area (Å²) in [5.74, 6) is -0.563. The predicted octanol–water partition coefficient (Wildman–Crippen LogP) is 2.17. The van der Waals surface area contributed by atoms with E-state index in [0.29, 0.717) is 11.4 Å². The zero-order valence-electron chi connectivity index (χ0n) is 16.0. The highest BCUT2D eigenvalue weighted by molar-refractivity contribution is 7.92. The normalized spacial score (nSPS) is 11.7.